The van der Waals surface area contributed by atoms with Crippen LogP contribution < -0.4 is 10.1 Å². The molecule has 1 heterocycles. The number of halogens is 1. The normalized spacial score (nSPS) is 10.2. The van der Waals surface area contributed by atoms with Crippen LogP contribution in [0.4, 0.5) is 15.2 Å². The van der Waals surface area contributed by atoms with Crippen LogP contribution in [-0.4, -0.2) is 29.0 Å². The minimum Gasteiger partial charge on any atom is -0.494 e. The molecule has 0 aliphatic carbocycles. The zero-order valence-corrected chi connectivity index (χ0v) is 12.0. The summed E-state index contributed by atoms with van der Waals surface area (Å²) in [6, 6.07) is 3.84. The number of ketones is 1. The van der Waals surface area contributed by atoms with Gasteiger partial charge in [0.2, 0.25) is 0 Å². The molecule has 1 aromatic carbocycles. The number of nitrogens with one attached hydrogen (secondary N) is 1. The van der Waals surface area contributed by atoms with Crippen LogP contribution in [-0.2, 0) is 0 Å². The van der Waals surface area contributed by atoms with Gasteiger partial charge in [-0.2, -0.15) is 0 Å². The molecule has 0 saturated carbocycles. The quantitative estimate of drug-likeness (QED) is 0.825. The highest BCUT2D eigenvalue weighted by molar-refractivity contribution is 7.17. The Balaban J connectivity index is 2.38. The molecule has 2 aromatic rings. The Morgan fingerprint density at radius 2 is 2.14 bits per heavy atom. The molecule has 21 heavy (non-hydrogen) atoms. The van der Waals surface area contributed by atoms with Gasteiger partial charge in [0.05, 0.1) is 12.8 Å². The Morgan fingerprint density at radius 3 is 2.67 bits per heavy atom. The highest BCUT2D eigenvalue weighted by Crippen LogP contribution is 2.31. The van der Waals surface area contributed by atoms with E-state index in [4.69, 9.17) is 9.84 Å². The van der Waals surface area contributed by atoms with Gasteiger partial charge in [0.1, 0.15) is 16.4 Å². The first kappa shape index (κ1) is 14.9. The molecule has 0 radical (unpaired) electrons. The fourth-order valence-corrected chi connectivity index (χ4v) is 2.51. The van der Waals surface area contributed by atoms with Crippen molar-refractivity contribution in [2.45, 2.75) is 6.92 Å². The largest absolute Gasteiger partial charge is 0.494 e. The molecule has 1 aromatic heterocycles. The lowest BCUT2D eigenvalue weighted by Crippen LogP contribution is -2.03. The lowest BCUT2D eigenvalue weighted by atomic mass is 10.3. The number of anilines is 2. The number of benzene rings is 1. The van der Waals surface area contributed by atoms with Crippen molar-refractivity contribution in [3.8, 4) is 5.75 Å². The van der Waals surface area contributed by atoms with Crippen LogP contribution in [0.2, 0.25) is 0 Å². The summed E-state index contributed by atoms with van der Waals surface area (Å²) in [5, 5.41) is 12.1. The maximum absolute atomic E-state index is 13.1. The molecular formula is C13H11FN2O4S. The maximum Gasteiger partial charge on any atom is 0.356 e. The summed E-state index contributed by atoms with van der Waals surface area (Å²) < 4.78 is 18.1. The molecule has 2 rings (SSSR count). The van der Waals surface area contributed by atoms with E-state index in [-0.39, 0.29) is 27.2 Å². The van der Waals surface area contributed by atoms with Crippen molar-refractivity contribution in [1.29, 1.82) is 0 Å². The molecule has 0 spiro atoms. The van der Waals surface area contributed by atoms with E-state index in [2.05, 4.69) is 10.3 Å². The van der Waals surface area contributed by atoms with Gasteiger partial charge < -0.3 is 15.2 Å². The van der Waals surface area contributed by atoms with Crippen molar-refractivity contribution >= 4 is 33.9 Å². The summed E-state index contributed by atoms with van der Waals surface area (Å²) in [5.41, 5.74) is 0.107. The first-order valence-electron chi connectivity index (χ1n) is 5.78. The van der Waals surface area contributed by atoms with E-state index < -0.39 is 11.8 Å². The molecule has 6 nitrogen and oxygen atoms in total. The highest BCUT2D eigenvalue weighted by Gasteiger charge is 2.21. The number of aromatic carboxylic acids is 1. The summed E-state index contributed by atoms with van der Waals surface area (Å²) >= 11 is 0.912. The predicted molar refractivity (Wildman–Crippen MR) is 75.3 cm³/mol. The number of carbonyl (C=O) groups is 2. The van der Waals surface area contributed by atoms with Crippen LogP contribution in [0.3, 0.4) is 0 Å². The van der Waals surface area contributed by atoms with Crippen molar-refractivity contribution < 1.29 is 23.8 Å². The number of hydrogen-bond acceptors (Lipinski definition) is 6. The van der Waals surface area contributed by atoms with Crippen molar-refractivity contribution in [1.82, 2.24) is 4.98 Å². The first-order chi connectivity index (χ1) is 9.92. The number of Topliss-reactive ketones (excluding diaryl/α,β-unsaturated/α-hetero) is 1. The van der Waals surface area contributed by atoms with E-state index in [1.165, 1.54) is 32.2 Å². The van der Waals surface area contributed by atoms with E-state index in [9.17, 15) is 14.0 Å². The number of carbonyl (C=O) groups excluding carboxylic acids is 1. The zero-order valence-electron chi connectivity index (χ0n) is 11.1. The second-order valence-electron chi connectivity index (χ2n) is 4.03. The molecule has 0 bridgehead atoms. The number of ether oxygens (including phenoxy) is 1. The molecular weight excluding hydrogens is 299 g/mol. The summed E-state index contributed by atoms with van der Waals surface area (Å²) in [6.45, 7) is 1.27. The number of methoxy groups -OCH3 is 1. The molecule has 0 atom stereocenters. The zero-order chi connectivity index (χ0) is 15.6. The number of aromatic nitrogens is 1. The summed E-state index contributed by atoms with van der Waals surface area (Å²) in [6.07, 6.45) is 0. The monoisotopic (exact) mass is 310 g/mol. The molecule has 2 N–H and O–H groups in total. The Bertz CT molecular complexity index is 683. The fraction of sp³-hybridized carbons (Fsp3) is 0.154. The van der Waals surface area contributed by atoms with E-state index >= 15 is 0 Å². The molecule has 0 amide bonds. The maximum atomic E-state index is 13.1. The average Bonchev–Trinajstić information content (AvgIpc) is 2.85. The van der Waals surface area contributed by atoms with Gasteiger partial charge in [0.25, 0.3) is 0 Å². The van der Waals surface area contributed by atoms with Crippen LogP contribution in [0.15, 0.2) is 18.2 Å². The minimum absolute atomic E-state index is 0.0473. The number of rotatable bonds is 5. The van der Waals surface area contributed by atoms with Crippen LogP contribution in [0, 0.1) is 5.82 Å². The lowest BCUT2D eigenvalue weighted by Gasteiger charge is -2.08. The van der Waals surface area contributed by atoms with Gasteiger partial charge >= 0.3 is 5.97 Å². The number of nitrogens with zero attached hydrogens (tertiary/aromatic N) is 1. The van der Waals surface area contributed by atoms with Gasteiger partial charge in [-0.1, -0.05) is 11.3 Å². The fourth-order valence-electron chi connectivity index (χ4n) is 1.64. The smallest absolute Gasteiger partial charge is 0.356 e. The molecule has 0 aliphatic heterocycles. The van der Waals surface area contributed by atoms with E-state index in [0.29, 0.717) is 5.69 Å². The number of hydrogen-bond donors (Lipinski definition) is 2. The highest BCUT2D eigenvalue weighted by atomic mass is 32.1. The second kappa shape index (κ2) is 5.88. The Morgan fingerprint density at radius 1 is 1.43 bits per heavy atom. The van der Waals surface area contributed by atoms with Crippen molar-refractivity contribution in [2.75, 3.05) is 12.4 Å². The Kier molecular flexibility index (Phi) is 4.18. The summed E-state index contributed by atoms with van der Waals surface area (Å²) in [5.74, 6) is -1.89. The van der Waals surface area contributed by atoms with Crippen molar-refractivity contribution in [3.05, 3.63) is 34.6 Å². The van der Waals surface area contributed by atoms with Crippen LogP contribution in [0.25, 0.3) is 0 Å². The standard InChI is InChI=1S/C13H11FN2O4S/c1-6(17)11-10(12(18)19)16-13(21-11)15-8-4-3-7(14)5-9(8)20-2/h3-5H,1-2H3,(H,15,16)(H,18,19). The van der Waals surface area contributed by atoms with Crippen molar-refractivity contribution in [2.24, 2.45) is 0 Å². The second-order valence-corrected chi connectivity index (χ2v) is 5.03. The topological polar surface area (TPSA) is 88.5 Å². The molecule has 8 heteroatoms. The van der Waals surface area contributed by atoms with E-state index in [0.717, 1.165) is 11.3 Å². The van der Waals surface area contributed by atoms with Crippen molar-refractivity contribution in [3.63, 3.8) is 0 Å². The minimum atomic E-state index is -1.28. The number of carboxylic acids is 1. The average molecular weight is 310 g/mol. The molecule has 0 unspecified atom stereocenters. The predicted octanol–water partition coefficient (Wildman–Crippen LogP) is 2.94. The third-order valence-corrected chi connectivity index (χ3v) is 3.63. The van der Waals surface area contributed by atoms with Crippen LogP contribution >= 0.6 is 11.3 Å². The van der Waals surface area contributed by atoms with Gasteiger partial charge in [-0.3, -0.25) is 4.79 Å². The Labute approximate surface area is 123 Å². The molecule has 110 valence electrons. The molecule has 0 aliphatic rings. The summed E-state index contributed by atoms with van der Waals surface area (Å²) in [4.78, 5) is 26.4. The molecule has 0 saturated heterocycles. The third-order valence-electron chi connectivity index (χ3n) is 2.55. The van der Waals surface area contributed by atoms with Crippen LogP contribution in [0.1, 0.15) is 27.1 Å². The molecule has 0 fully saturated rings. The number of carboxylic acid groups (broad SMARTS) is 1. The van der Waals surface area contributed by atoms with Gasteiger partial charge in [0, 0.05) is 13.0 Å². The lowest BCUT2D eigenvalue weighted by molar-refractivity contribution is 0.0687. The number of thiazole rings is 1. The van der Waals surface area contributed by atoms with Gasteiger partial charge in [0.15, 0.2) is 16.6 Å². The van der Waals surface area contributed by atoms with E-state index in [1.54, 1.807) is 0 Å². The first-order valence-corrected chi connectivity index (χ1v) is 6.59. The Hall–Kier alpha value is -2.48. The summed E-state index contributed by atoms with van der Waals surface area (Å²) in [7, 11) is 1.38. The third kappa shape index (κ3) is 3.16. The van der Waals surface area contributed by atoms with Gasteiger partial charge in [-0.25, -0.2) is 14.2 Å². The van der Waals surface area contributed by atoms with Gasteiger partial charge in [-0.15, -0.1) is 0 Å². The van der Waals surface area contributed by atoms with Gasteiger partial charge in [-0.05, 0) is 12.1 Å². The van der Waals surface area contributed by atoms with E-state index in [1.807, 2.05) is 0 Å². The SMILES string of the molecule is COc1cc(F)ccc1Nc1nc(C(=O)O)c(C(C)=O)s1. The van der Waals surface area contributed by atoms with Crippen LogP contribution in [0.5, 0.6) is 5.75 Å².